The van der Waals surface area contributed by atoms with Crippen LogP contribution in [0.15, 0.2) is 48.5 Å². The molecule has 1 fully saturated rings. The van der Waals surface area contributed by atoms with Crippen LogP contribution >= 0.6 is 0 Å². The lowest BCUT2D eigenvalue weighted by Crippen LogP contribution is -2.39. The van der Waals surface area contributed by atoms with Crippen LogP contribution in [0.3, 0.4) is 0 Å². The van der Waals surface area contributed by atoms with Gasteiger partial charge in [0.25, 0.3) is 5.91 Å². The average molecular weight is 349 g/mol. The largest absolute Gasteiger partial charge is 0.366 e. The Labute approximate surface area is 152 Å². The van der Waals surface area contributed by atoms with E-state index in [1.54, 1.807) is 6.07 Å². The molecule has 2 aromatic rings. The van der Waals surface area contributed by atoms with Gasteiger partial charge in [-0.3, -0.25) is 4.79 Å². The Morgan fingerprint density at radius 2 is 1.88 bits per heavy atom. The maximum Gasteiger partial charge on any atom is 0.276 e. The molecule has 1 atom stereocenters. The van der Waals surface area contributed by atoms with E-state index in [1.807, 2.05) is 30.3 Å². The lowest BCUT2D eigenvalue weighted by Gasteiger charge is -2.19. The highest BCUT2D eigenvalue weighted by Crippen LogP contribution is 2.41. The number of halogens is 1. The molecule has 0 radical (unpaired) electrons. The Morgan fingerprint density at radius 3 is 2.62 bits per heavy atom. The molecular weight excluding hydrogens is 329 g/mol. The van der Waals surface area contributed by atoms with Crippen LogP contribution in [0.4, 0.5) is 10.1 Å². The summed E-state index contributed by atoms with van der Waals surface area (Å²) in [7, 11) is 0. The molecule has 1 saturated carbocycles. The second-order valence-corrected chi connectivity index (χ2v) is 7.00. The van der Waals surface area contributed by atoms with Gasteiger partial charge < -0.3 is 10.0 Å². The first-order valence-corrected chi connectivity index (χ1v) is 8.99. The molecule has 0 spiro atoms. The Hall–Kier alpha value is -2.64. The molecule has 4 heteroatoms. The fourth-order valence-corrected chi connectivity index (χ4v) is 3.77. The first kappa shape index (κ1) is 16.8. The van der Waals surface area contributed by atoms with Gasteiger partial charge in [0.15, 0.2) is 0 Å². The van der Waals surface area contributed by atoms with Crippen molar-refractivity contribution in [1.82, 2.24) is 0 Å². The summed E-state index contributed by atoms with van der Waals surface area (Å²) in [6.45, 7) is 0.311. The minimum Gasteiger partial charge on any atom is -0.366 e. The Morgan fingerprint density at radius 1 is 1.15 bits per heavy atom. The van der Waals surface area contributed by atoms with Crippen LogP contribution in [-0.2, 0) is 16.9 Å². The van der Waals surface area contributed by atoms with Crippen LogP contribution in [0.1, 0.15) is 36.8 Å². The Balaban J connectivity index is 1.73. The summed E-state index contributed by atoms with van der Waals surface area (Å²) < 4.78 is 13.8. The maximum atomic E-state index is 13.8. The van der Waals surface area contributed by atoms with Crippen molar-refractivity contribution >= 4 is 11.6 Å². The third kappa shape index (κ3) is 2.89. The number of hydrogen-bond donors (Lipinski definition) is 1. The predicted molar refractivity (Wildman–Crippen MR) is 97.7 cm³/mol. The third-order valence-corrected chi connectivity index (χ3v) is 5.19. The lowest BCUT2D eigenvalue weighted by atomic mass is 9.94. The van der Waals surface area contributed by atoms with Gasteiger partial charge in [-0.05, 0) is 36.6 Å². The number of hydrogen-bond acceptors (Lipinski definition) is 2. The summed E-state index contributed by atoms with van der Waals surface area (Å²) in [5.74, 6) is 5.07. The van der Waals surface area contributed by atoms with E-state index in [9.17, 15) is 14.3 Å². The zero-order chi connectivity index (χ0) is 18.1. The van der Waals surface area contributed by atoms with Gasteiger partial charge in [-0.25, -0.2) is 4.39 Å². The van der Waals surface area contributed by atoms with Crippen molar-refractivity contribution in [3.63, 3.8) is 0 Å². The molecule has 132 valence electrons. The van der Waals surface area contributed by atoms with E-state index >= 15 is 0 Å². The first-order valence-electron chi connectivity index (χ1n) is 8.99. The van der Waals surface area contributed by atoms with E-state index in [0.29, 0.717) is 12.2 Å². The van der Waals surface area contributed by atoms with Gasteiger partial charge in [-0.15, -0.1) is 0 Å². The monoisotopic (exact) mass is 349 g/mol. The summed E-state index contributed by atoms with van der Waals surface area (Å²) in [5.41, 5.74) is -0.286. The standard InChI is InChI=1S/C22H20FNO2/c23-18-10-11-20-19(14-18)22(26,13-12-16-6-4-5-7-16)21(25)24(20)15-17-8-2-1-3-9-17/h1-3,8-11,14,16,26H,4-7,15H2/t22-/m0/s1. The van der Waals surface area contributed by atoms with E-state index < -0.39 is 17.3 Å². The number of carbonyl (C=O) groups is 1. The fraction of sp³-hybridized carbons (Fsp3) is 0.318. The third-order valence-electron chi connectivity index (χ3n) is 5.19. The molecule has 0 saturated heterocycles. The second-order valence-electron chi connectivity index (χ2n) is 7.00. The topological polar surface area (TPSA) is 40.5 Å². The number of aliphatic hydroxyl groups is 1. The van der Waals surface area contributed by atoms with Gasteiger partial charge in [0.05, 0.1) is 12.2 Å². The molecule has 0 unspecified atom stereocenters. The summed E-state index contributed by atoms with van der Waals surface area (Å²) in [4.78, 5) is 14.5. The highest BCUT2D eigenvalue weighted by molar-refractivity contribution is 6.09. The van der Waals surface area contributed by atoms with Gasteiger partial charge >= 0.3 is 0 Å². The normalized spacial score (nSPS) is 22.2. The SMILES string of the molecule is O=C1N(Cc2ccccc2)c2ccc(F)cc2[C@@]1(O)C#CC1CCCC1. The molecule has 1 heterocycles. The summed E-state index contributed by atoms with van der Waals surface area (Å²) in [5, 5.41) is 11.1. The van der Waals surface area contributed by atoms with E-state index in [-0.39, 0.29) is 11.5 Å². The molecule has 0 bridgehead atoms. The van der Waals surface area contributed by atoms with Crippen LogP contribution < -0.4 is 4.90 Å². The molecule has 3 nitrogen and oxygen atoms in total. The molecular formula is C22H20FNO2. The zero-order valence-corrected chi connectivity index (χ0v) is 14.4. The van der Waals surface area contributed by atoms with E-state index in [0.717, 1.165) is 31.2 Å². The molecule has 1 aliphatic heterocycles. The predicted octanol–water partition coefficient (Wildman–Crippen LogP) is 3.75. The van der Waals surface area contributed by atoms with Crippen molar-refractivity contribution in [2.45, 2.75) is 37.8 Å². The lowest BCUT2D eigenvalue weighted by molar-refractivity contribution is -0.130. The van der Waals surface area contributed by atoms with Crippen LogP contribution in [0, 0.1) is 23.6 Å². The van der Waals surface area contributed by atoms with Crippen molar-refractivity contribution in [2.75, 3.05) is 4.90 Å². The number of rotatable bonds is 2. The second kappa shape index (κ2) is 6.59. The molecule has 1 N–H and O–H groups in total. The first-order chi connectivity index (χ1) is 12.6. The van der Waals surface area contributed by atoms with Crippen molar-refractivity contribution in [3.8, 4) is 11.8 Å². The van der Waals surface area contributed by atoms with Gasteiger partial charge in [0.1, 0.15) is 5.82 Å². The highest BCUT2D eigenvalue weighted by Gasteiger charge is 2.49. The molecule has 1 amide bonds. The van der Waals surface area contributed by atoms with E-state index in [4.69, 9.17) is 0 Å². The molecule has 4 rings (SSSR count). The van der Waals surface area contributed by atoms with Gasteiger partial charge in [0.2, 0.25) is 5.60 Å². The number of carbonyl (C=O) groups excluding carboxylic acids is 1. The molecule has 1 aliphatic carbocycles. The molecule has 2 aliphatic rings. The van der Waals surface area contributed by atoms with Crippen molar-refractivity contribution in [1.29, 1.82) is 0 Å². The Kier molecular flexibility index (Phi) is 4.26. The average Bonchev–Trinajstić information content (AvgIpc) is 3.24. The van der Waals surface area contributed by atoms with Crippen LogP contribution in [-0.4, -0.2) is 11.0 Å². The summed E-state index contributed by atoms with van der Waals surface area (Å²) in [6, 6.07) is 13.6. The zero-order valence-electron chi connectivity index (χ0n) is 14.4. The minimum absolute atomic E-state index is 0.201. The number of benzene rings is 2. The number of fused-ring (bicyclic) bond motifs is 1. The van der Waals surface area contributed by atoms with Gasteiger partial charge in [0, 0.05) is 11.5 Å². The Bertz CT molecular complexity index is 893. The number of amides is 1. The molecule has 26 heavy (non-hydrogen) atoms. The van der Waals surface area contributed by atoms with Crippen molar-refractivity contribution in [3.05, 3.63) is 65.5 Å². The number of anilines is 1. The summed E-state index contributed by atoms with van der Waals surface area (Å²) in [6.07, 6.45) is 4.22. The number of nitrogens with zero attached hydrogens (tertiary/aromatic N) is 1. The quantitative estimate of drug-likeness (QED) is 0.839. The minimum atomic E-state index is -1.98. The van der Waals surface area contributed by atoms with Crippen molar-refractivity contribution in [2.24, 2.45) is 5.92 Å². The fourth-order valence-electron chi connectivity index (χ4n) is 3.77. The molecule has 0 aromatic heterocycles. The highest BCUT2D eigenvalue weighted by atomic mass is 19.1. The van der Waals surface area contributed by atoms with Crippen molar-refractivity contribution < 1.29 is 14.3 Å². The smallest absolute Gasteiger partial charge is 0.276 e. The van der Waals surface area contributed by atoms with Gasteiger partial charge in [-0.1, -0.05) is 55.0 Å². The van der Waals surface area contributed by atoms with Gasteiger partial charge in [-0.2, -0.15) is 0 Å². The van der Waals surface area contributed by atoms with Crippen LogP contribution in [0.5, 0.6) is 0 Å². The maximum absolute atomic E-state index is 13.8. The van der Waals surface area contributed by atoms with E-state index in [2.05, 4.69) is 11.8 Å². The van der Waals surface area contributed by atoms with Crippen LogP contribution in [0.2, 0.25) is 0 Å². The van der Waals surface area contributed by atoms with E-state index in [1.165, 1.54) is 17.0 Å². The molecule has 2 aromatic carbocycles. The van der Waals surface area contributed by atoms with Crippen LogP contribution in [0.25, 0.3) is 0 Å². The summed E-state index contributed by atoms with van der Waals surface area (Å²) >= 11 is 0.